The van der Waals surface area contributed by atoms with Crippen LogP contribution in [0.1, 0.15) is 43.1 Å². The molecule has 2 heterocycles. The van der Waals surface area contributed by atoms with Gasteiger partial charge in [-0.25, -0.2) is 22.2 Å². The number of anilines is 1. The summed E-state index contributed by atoms with van der Waals surface area (Å²) in [6.07, 6.45) is 1.60. The van der Waals surface area contributed by atoms with E-state index in [4.69, 9.17) is 10.7 Å². The van der Waals surface area contributed by atoms with E-state index in [9.17, 15) is 22.0 Å². The van der Waals surface area contributed by atoms with E-state index in [0.29, 0.717) is 54.9 Å². The van der Waals surface area contributed by atoms with Crippen LogP contribution in [0, 0.1) is 11.6 Å². The van der Waals surface area contributed by atoms with Gasteiger partial charge >= 0.3 is 0 Å². The summed E-state index contributed by atoms with van der Waals surface area (Å²) in [5.41, 5.74) is 8.29. The summed E-state index contributed by atoms with van der Waals surface area (Å²) in [5, 5.41) is 0. The molecule has 1 aliphatic heterocycles. The van der Waals surface area contributed by atoms with Crippen LogP contribution in [0.15, 0.2) is 30.3 Å². The molecule has 2 aliphatic rings. The van der Waals surface area contributed by atoms with Crippen LogP contribution in [0.4, 0.5) is 14.5 Å². The number of imidazole rings is 1. The fourth-order valence-electron chi connectivity index (χ4n) is 4.84. The predicted octanol–water partition coefficient (Wildman–Crippen LogP) is 3.18. The summed E-state index contributed by atoms with van der Waals surface area (Å²) < 4.78 is 54.0. The van der Waals surface area contributed by atoms with Crippen LogP contribution in [0.3, 0.4) is 0 Å². The standard InChI is InChI=1S/C24H26F2N4O3S/c1-2-34(32,33)9-3-8-29-20-5-4-15(13-27)10-19(20)28-22(29)14-30-21-12-18(26)17(25)11-16(21)24(6-7-24)23(30)31/h4-5,10-12H,2-3,6-9,13-14,27H2,1H3. The smallest absolute Gasteiger partial charge is 0.238 e. The van der Waals surface area contributed by atoms with E-state index in [1.165, 1.54) is 4.90 Å². The lowest BCUT2D eigenvalue weighted by molar-refractivity contribution is -0.120. The molecule has 0 unspecified atom stereocenters. The second kappa shape index (κ2) is 8.13. The Bertz CT molecular complexity index is 1410. The fourth-order valence-corrected chi connectivity index (χ4v) is 5.70. The highest BCUT2D eigenvalue weighted by Gasteiger charge is 2.59. The van der Waals surface area contributed by atoms with Gasteiger partial charge in [-0.05, 0) is 48.6 Å². The van der Waals surface area contributed by atoms with E-state index >= 15 is 0 Å². The molecule has 0 radical (unpaired) electrons. The summed E-state index contributed by atoms with van der Waals surface area (Å²) in [5.74, 6) is -1.46. The average molecular weight is 489 g/mol. The number of amides is 1. The minimum absolute atomic E-state index is 0.0442. The molecule has 10 heteroatoms. The Morgan fingerprint density at radius 1 is 1.15 bits per heavy atom. The minimum Gasteiger partial charge on any atom is -0.326 e. The molecule has 1 fully saturated rings. The molecule has 2 N–H and O–H groups in total. The molecule has 2 aromatic carbocycles. The molecule has 0 atom stereocenters. The van der Waals surface area contributed by atoms with E-state index in [1.54, 1.807) is 6.92 Å². The van der Waals surface area contributed by atoms with E-state index in [1.807, 2.05) is 22.8 Å². The number of sulfone groups is 1. The zero-order valence-corrected chi connectivity index (χ0v) is 19.7. The normalized spacial score (nSPS) is 16.6. The predicted molar refractivity (Wildman–Crippen MR) is 125 cm³/mol. The maximum Gasteiger partial charge on any atom is 0.238 e. The second-order valence-electron chi connectivity index (χ2n) is 9.05. The number of nitrogens with zero attached hydrogens (tertiary/aromatic N) is 3. The maximum atomic E-state index is 14.1. The van der Waals surface area contributed by atoms with Crippen LogP contribution < -0.4 is 10.6 Å². The Hall–Kier alpha value is -2.85. The number of hydrogen-bond donors (Lipinski definition) is 1. The molecular weight excluding hydrogens is 462 g/mol. The summed E-state index contributed by atoms with van der Waals surface area (Å²) in [6, 6.07) is 7.88. The molecule has 1 aliphatic carbocycles. The van der Waals surface area contributed by atoms with Crippen molar-refractivity contribution >= 4 is 32.5 Å². The minimum atomic E-state index is -3.13. The van der Waals surface area contributed by atoms with E-state index in [-0.39, 0.29) is 24.0 Å². The molecule has 1 spiro atoms. The zero-order valence-electron chi connectivity index (χ0n) is 18.9. The Balaban J connectivity index is 1.53. The number of rotatable bonds is 8. The van der Waals surface area contributed by atoms with Gasteiger partial charge in [-0.3, -0.25) is 4.79 Å². The molecule has 3 aromatic rings. The largest absolute Gasteiger partial charge is 0.326 e. The molecule has 1 aromatic heterocycles. The lowest BCUT2D eigenvalue weighted by Crippen LogP contribution is -2.32. The molecule has 34 heavy (non-hydrogen) atoms. The first-order chi connectivity index (χ1) is 16.2. The number of nitrogens with two attached hydrogens (primary N) is 1. The van der Waals surface area contributed by atoms with Crippen molar-refractivity contribution in [2.75, 3.05) is 16.4 Å². The number of aromatic nitrogens is 2. The van der Waals surface area contributed by atoms with Crippen molar-refractivity contribution in [2.45, 2.75) is 51.2 Å². The first-order valence-corrected chi connectivity index (χ1v) is 13.2. The van der Waals surface area contributed by atoms with Gasteiger partial charge in [0.1, 0.15) is 15.7 Å². The number of carbonyl (C=O) groups excluding carboxylic acids is 1. The summed E-state index contributed by atoms with van der Waals surface area (Å²) >= 11 is 0. The number of hydrogen-bond acceptors (Lipinski definition) is 5. The number of halogens is 2. The molecule has 180 valence electrons. The molecular formula is C24H26F2N4O3S. The monoisotopic (exact) mass is 488 g/mol. The van der Waals surface area contributed by atoms with E-state index in [2.05, 4.69) is 0 Å². The van der Waals surface area contributed by atoms with Crippen LogP contribution in [0.25, 0.3) is 11.0 Å². The Morgan fingerprint density at radius 2 is 1.88 bits per heavy atom. The number of carbonyl (C=O) groups is 1. The number of benzene rings is 2. The quantitative estimate of drug-likeness (QED) is 0.525. The van der Waals surface area contributed by atoms with E-state index < -0.39 is 26.9 Å². The Kier molecular flexibility index (Phi) is 5.48. The average Bonchev–Trinajstić information content (AvgIpc) is 3.51. The lowest BCUT2D eigenvalue weighted by atomic mass is 9.98. The third-order valence-corrected chi connectivity index (χ3v) is 8.74. The van der Waals surface area contributed by atoms with Crippen molar-refractivity contribution in [2.24, 2.45) is 5.73 Å². The Morgan fingerprint density at radius 3 is 2.56 bits per heavy atom. The molecule has 7 nitrogen and oxygen atoms in total. The topological polar surface area (TPSA) is 98.3 Å². The fraction of sp³-hybridized carbons (Fsp3) is 0.417. The zero-order chi connectivity index (χ0) is 24.3. The van der Waals surface area contributed by atoms with Crippen molar-refractivity contribution in [3.05, 3.63) is 58.9 Å². The van der Waals surface area contributed by atoms with Gasteiger partial charge in [0.25, 0.3) is 0 Å². The molecule has 0 saturated heterocycles. The summed E-state index contributed by atoms with van der Waals surface area (Å²) in [7, 11) is -3.13. The first-order valence-electron chi connectivity index (χ1n) is 11.4. The Labute approximate surface area is 196 Å². The van der Waals surface area contributed by atoms with Crippen molar-refractivity contribution in [3.63, 3.8) is 0 Å². The second-order valence-corrected chi connectivity index (χ2v) is 11.5. The van der Waals surface area contributed by atoms with Gasteiger partial charge in [-0.2, -0.15) is 0 Å². The van der Waals surface area contributed by atoms with Gasteiger partial charge in [0.2, 0.25) is 5.91 Å². The number of aryl methyl sites for hydroxylation is 1. The molecule has 0 bridgehead atoms. The van der Waals surface area contributed by atoms with Crippen LogP contribution in [0.5, 0.6) is 0 Å². The van der Waals surface area contributed by atoms with Crippen LogP contribution in [-0.2, 0) is 39.7 Å². The third-order valence-electron chi connectivity index (χ3n) is 6.95. The van der Waals surface area contributed by atoms with Crippen molar-refractivity contribution in [1.82, 2.24) is 9.55 Å². The van der Waals surface area contributed by atoms with Crippen LogP contribution in [0.2, 0.25) is 0 Å². The molecule has 1 amide bonds. The third kappa shape index (κ3) is 3.69. The maximum absolute atomic E-state index is 14.1. The summed E-state index contributed by atoms with van der Waals surface area (Å²) in [4.78, 5) is 19.5. The highest BCUT2D eigenvalue weighted by molar-refractivity contribution is 7.91. The van der Waals surface area contributed by atoms with Gasteiger partial charge in [-0.1, -0.05) is 13.0 Å². The van der Waals surface area contributed by atoms with Gasteiger partial charge in [-0.15, -0.1) is 0 Å². The summed E-state index contributed by atoms with van der Waals surface area (Å²) in [6.45, 7) is 2.43. The van der Waals surface area contributed by atoms with Crippen LogP contribution in [-0.4, -0.2) is 35.4 Å². The van der Waals surface area contributed by atoms with Crippen LogP contribution >= 0.6 is 0 Å². The SMILES string of the molecule is CCS(=O)(=O)CCCn1c(CN2C(=O)C3(CC3)c3cc(F)c(F)cc32)nc2cc(CN)ccc21. The highest BCUT2D eigenvalue weighted by Crippen LogP contribution is 2.57. The number of fused-ring (bicyclic) bond motifs is 3. The molecule has 1 saturated carbocycles. The van der Waals surface area contributed by atoms with Gasteiger partial charge in [0.05, 0.1) is 34.4 Å². The van der Waals surface area contributed by atoms with E-state index in [0.717, 1.165) is 23.2 Å². The van der Waals surface area contributed by atoms with Crippen molar-refractivity contribution in [1.29, 1.82) is 0 Å². The van der Waals surface area contributed by atoms with Gasteiger partial charge < -0.3 is 15.2 Å². The van der Waals surface area contributed by atoms with Gasteiger partial charge in [0.15, 0.2) is 11.6 Å². The van der Waals surface area contributed by atoms with Crippen molar-refractivity contribution in [3.8, 4) is 0 Å². The lowest BCUT2D eigenvalue weighted by Gasteiger charge is -2.19. The first kappa shape index (κ1) is 22.9. The van der Waals surface area contributed by atoms with Crippen molar-refractivity contribution < 1.29 is 22.0 Å². The van der Waals surface area contributed by atoms with Gasteiger partial charge in [0, 0.05) is 24.9 Å². The molecule has 5 rings (SSSR count). The highest BCUT2D eigenvalue weighted by atomic mass is 32.2.